The fourth-order valence-corrected chi connectivity index (χ4v) is 2.62. The molecule has 1 aromatic carbocycles. The number of benzene rings is 1. The average Bonchev–Trinajstić information content (AvgIpc) is 2.39. The van der Waals surface area contributed by atoms with Gasteiger partial charge in [-0.1, -0.05) is 12.5 Å². The predicted octanol–water partition coefficient (Wildman–Crippen LogP) is 2.67. The molecule has 1 aliphatic heterocycles. The van der Waals surface area contributed by atoms with E-state index >= 15 is 0 Å². The Labute approximate surface area is 114 Å². The molecule has 0 saturated carbocycles. The minimum absolute atomic E-state index is 0.0259. The lowest BCUT2D eigenvalue weighted by atomic mass is 10.1. The summed E-state index contributed by atoms with van der Waals surface area (Å²) in [5, 5.41) is 13.1. The SMILES string of the molecule is CC(NCCN1CCCCC1)c1ccc(F)cc1O. The number of hydrogen-bond donors (Lipinski definition) is 2. The molecule has 0 aromatic heterocycles. The molecule has 19 heavy (non-hydrogen) atoms. The average molecular weight is 266 g/mol. The molecule has 1 fully saturated rings. The van der Waals surface area contributed by atoms with Crippen LogP contribution in [0.2, 0.25) is 0 Å². The standard InChI is InChI=1S/C15H23FN2O/c1-12(14-6-5-13(16)11-15(14)19)17-7-10-18-8-3-2-4-9-18/h5-6,11-12,17,19H,2-4,7-10H2,1H3. The zero-order valence-corrected chi connectivity index (χ0v) is 11.5. The zero-order valence-electron chi connectivity index (χ0n) is 11.5. The van der Waals surface area contributed by atoms with Crippen molar-refractivity contribution in [2.75, 3.05) is 26.2 Å². The van der Waals surface area contributed by atoms with E-state index in [2.05, 4.69) is 10.2 Å². The number of nitrogens with zero attached hydrogens (tertiary/aromatic N) is 1. The van der Waals surface area contributed by atoms with Crippen LogP contribution in [0.3, 0.4) is 0 Å². The summed E-state index contributed by atoms with van der Waals surface area (Å²) < 4.78 is 12.9. The molecule has 1 aromatic rings. The third kappa shape index (κ3) is 4.18. The molecular formula is C15H23FN2O. The van der Waals surface area contributed by atoms with Crippen molar-refractivity contribution in [3.05, 3.63) is 29.6 Å². The lowest BCUT2D eigenvalue weighted by Crippen LogP contribution is -2.36. The lowest BCUT2D eigenvalue weighted by molar-refractivity contribution is 0.226. The fourth-order valence-electron chi connectivity index (χ4n) is 2.62. The number of rotatable bonds is 5. The second-order valence-electron chi connectivity index (χ2n) is 5.28. The molecule has 1 heterocycles. The Kier molecular flexibility index (Phi) is 5.16. The summed E-state index contributed by atoms with van der Waals surface area (Å²) in [6.45, 7) is 6.29. The molecule has 1 atom stereocenters. The lowest BCUT2D eigenvalue weighted by Gasteiger charge is -2.27. The van der Waals surface area contributed by atoms with E-state index in [-0.39, 0.29) is 11.8 Å². The first-order valence-electron chi connectivity index (χ1n) is 7.11. The number of phenols is 1. The van der Waals surface area contributed by atoms with Crippen LogP contribution in [0.5, 0.6) is 5.75 Å². The fraction of sp³-hybridized carbons (Fsp3) is 0.600. The van der Waals surface area contributed by atoms with Gasteiger partial charge in [0.1, 0.15) is 11.6 Å². The van der Waals surface area contributed by atoms with Crippen molar-refractivity contribution >= 4 is 0 Å². The van der Waals surface area contributed by atoms with Crippen LogP contribution in [0.1, 0.15) is 37.8 Å². The number of hydrogen-bond acceptors (Lipinski definition) is 3. The van der Waals surface area contributed by atoms with Crippen LogP contribution in [0.25, 0.3) is 0 Å². The smallest absolute Gasteiger partial charge is 0.126 e. The molecule has 0 spiro atoms. The highest BCUT2D eigenvalue weighted by Gasteiger charge is 2.12. The summed E-state index contributed by atoms with van der Waals surface area (Å²) in [4.78, 5) is 2.47. The van der Waals surface area contributed by atoms with E-state index in [4.69, 9.17) is 0 Å². The van der Waals surface area contributed by atoms with Crippen LogP contribution >= 0.6 is 0 Å². The van der Waals surface area contributed by atoms with Crippen LogP contribution in [0.15, 0.2) is 18.2 Å². The molecule has 3 nitrogen and oxygen atoms in total. The molecule has 2 N–H and O–H groups in total. The van der Waals surface area contributed by atoms with Gasteiger partial charge in [0.2, 0.25) is 0 Å². The second-order valence-corrected chi connectivity index (χ2v) is 5.28. The summed E-state index contributed by atoms with van der Waals surface area (Å²) in [6, 6.07) is 4.23. The molecule has 0 amide bonds. The van der Waals surface area contributed by atoms with Crippen molar-refractivity contribution in [2.24, 2.45) is 0 Å². The number of nitrogens with one attached hydrogen (secondary N) is 1. The predicted molar refractivity (Wildman–Crippen MR) is 74.8 cm³/mol. The van der Waals surface area contributed by atoms with Gasteiger partial charge in [-0.15, -0.1) is 0 Å². The van der Waals surface area contributed by atoms with Crippen LogP contribution in [-0.4, -0.2) is 36.2 Å². The Hall–Kier alpha value is -1.13. The van der Waals surface area contributed by atoms with Crippen LogP contribution < -0.4 is 5.32 Å². The minimum Gasteiger partial charge on any atom is -0.508 e. The number of aromatic hydroxyl groups is 1. The summed E-state index contributed by atoms with van der Waals surface area (Å²) in [7, 11) is 0. The van der Waals surface area contributed by atoms with Crippen LogP contribution in [0, 0.1) is 5.82 Å². The normalized spacial score (nSPS) is 18.4. The zero-order chi connectivity index (χ0) is 13.7. The maximum Gasteiger partial charge on any atom is 0.126 e. The number of piperidine rings is 1. The Morgan fingerprint density at radius 1 is 1.32 bits per heavy atom. The Morgan fingerprint density at radius 3 is 2.74 bits per heavy atom. The summed E-state index contributed by atoms with van der Waals surface area (Å²) in [6.07, 6.45) is 3.95. The van der Waals surface area contributed by atoms with Gasteiger partial charge in [-0.05, 0) is 38.9 Å². The third-order valence-electron chi connectivity index (χ3n) is 3.79. The molecule has 1 aliphatic rings. The monoisotopic (exact) mass is 266 g/mol. The first-order chi connectivity index (χ1) is 9.16. The van der Waals surface area contributed by atoms with E-state index in [1.54, 1.807) is 6.07 Å². The Balaban J connectivity index is 1.78. The molecule has 1 saturated heterocycles. The van der Waals surface area contributed by atoms with E-state index < -0.39 is 5.82 Å². The molecule has 4 heteroatoms. The van der Waals surface area contributed by atoms with Crippen molar-refractivity contribution in [1.82, 2.24) is 10.2 Å². The van der Waals surface area contributed by atoms with Crippen molar-refractivity contribution < 1.29 is 9.50 Å². The van der Waals surface area contributed by atoms with Gasteiger partial charge >= 0.3 is 0 Å². The van der Waals surface area contributed by atoms with E-state index in [0.717, 1.165) is 24.7 Å². The van der Waals surface area contributed by atoms with Crippen molar-refractivity contribution in [2.45, 2.75) is 32.2 Å². The van der Waals surface area contributed by atoms with Crippen molar-refractivity contribution in [1.29, 1.82) is 0 Å². The van der Waals surface area contributed by atoms with E-state index in [0.29, 0.717) is 0 Å². The summed E-state index contributed by atoms with van der Waals surface area (Å²) in [5.41, 5.74) is 0.750. The number of likely N-dealkylation sites (tertiary alicyclic amines) is 1. The molecule has 2 rings (SSSR count). The van der Waals surface area contributed by atoms with Gasteiger partial charge in [-0.25, -0.2) is 4.39 Å². The highest BCUT2D eigenvalue weighted by atomic mass is 19.1. The quantitative estimate of drug-likeness (QED) is 0.860. The summed E-state index contributed by atoms with van der Waals surface area (Å²) >= 11 is 0. The maximum atomic E-state index is 12.9. The van der Waals surface area contributed by atoms with Crippen molar-refractivity contribution in [3.8, 4) is 5.75 Å². The molecule has 106 valence electrons. The number of halogens is 1. The summed E-state index contributed by atoms with van der Waals surface area (Å²) in [5.74, 6) is -0.375. The van der Waals surface area contributed by atoms with Gasteiger partial charge < -0.3 is 15.3 Å². The minimum atomic E-state index is -0.401. The molecular weight excluding hydrogens is 243 g/mol. The first-order valence-corrected chi connectivity index (χ1v) is 7.11. The third-order valence-corrected chi connectivity index (χ3v) is 3.79. The largest absolute Gasteiger partial charge is 0.508 e. The second kappa shape index (κ2) is 6.87. The molecule has 0 radical (unpaired) electrons. The van der Waals surface area contributed by atoms with E-state index in [9.17, 15) is 9.50 Å². The van der Waals surface area contributed by atoms with Crippen LogP contribution in [-0.2, 0) is 0 Å². The van der Waals surface area contributed by atoms with Crippen LogP contribution in [0.4, 0.5) is 4.39 Å². The topological polar surface area (TPSA) is 35.5 Å². The molecule has 0 aliphatic carbocycles. The first kappa shape index (κ1) is 14.3. The Bertz CT molecular complexity index is 405. The van der Waals surface area contributed by atoms with Gasteiger partial charge in [-0.3, -0.25) is 0 Å². The van der Waals surface area contributed by atoms with Gasteiger partial charge in [0.05, 0.1) is 0 Å². The van der Waals surface area contributed by atoms with Gasteiger partial charge in [0.25, 0.3) is 0 Å². The maximum absolute atomic E-state index is 12.9. The highest BCUT2D eigenvalue weighted by molar-refractivity contribution is 5.34. The van der Waals surface area contributed by atoms with E-state index in [1.807, 2.05) is 6.92 Å². The number of phenolic OH excluding ortho intramolecular Hbond substituents is 1. The van der Waals surface area contributed by atoms with Crippen molar-refractivity contribution in [3.63, 3.8) is 0 Å². The Morgan fingerprint density at radius 2 is 2.05 bits per heavy atom. The van der Waals surface area contributed by atoms with Gasteiger partial charge in [-0.2, -0.15) is 0 Å². The van der Waals surface area contributed by atoms with E-state index in [1.165, 1.54) is 38.4 Å². The highest BCUT2D eigenvalue weighted by Crippen LogP contribution is 2.24. The molecule has 1 unspecified atom stereocenters. The van der Waals surface area contributed by atoms with Gasteiger partial charge in [0, 0.05) is 30.8 Å². The molecule has 0 bridgehead atoms. The van der Waals surface area contributed by atoms with Gasteiger partial charge in [0.15, 0.2) is 0 Å².